The molecule has 0 bridgehead atoms. The lowest BCUT2D eigenvalue weighted by molar-refractivity contribution is 0.533. The summed E-state index contributed by atoms with van der Waals surface area (Å²) in [4.78, 5) is 0. The van der Waals surface area contributed by atoms with Gasteiger partial charge in [-0.2, -0.15) is 0 Å². The molecule has 0 N–H and O–H groups in total. The van der Waals surface area contributed by atoms with Crippen LogP contribution in [-0.4, -0.2) is 3.42 Å². The van der Waals surface area contributed by atoms with E-state index in [1.54, 1.807) is 0 Å². The Hall–Kier alpha value is 0.730. The molecule has 0 amide bonds. The van der Waals surface area contributed by atoms with Gasteiger partial charge in [-0.15, -0.1) is 0 Å². The van der Waals surface area contributed by atoms with Gasteiger partial charge in [0.25, 0.3) is 0 Å². The first kappa shape index (κ1) is 9.82. The third kappa shape index (κ3) is 4.34. The van der Waals surface area contributed by atoms with Crippen LogP contribution in [0.25, 0.3) is 0 Å². The standard InChI is InChI=1S/C10H19I/c1-10(11)8-6-4-2-3-5-7-9-10/h2-9H2,1H3. The van der Waals surface area contributed by atoms with Crippen LogP contribution in [0.5, 0.6) is 0 Å². The molecule has 66 valence electrons. The van der Waals surface area contributed by atoms with Crippen LogP contribution in [0.4, 0.5) is 0 Å². The molecule has 0 aromatic carbocycles. The molecule has 1 aliphatic carbocycles. The van der Waals surface area contributed by atoms with Crippen LogP contribution in [0.1, 0.15) is 58.3 Å². The van der Waals surface area contributed by atoms with Crippen LogP contribution in [0.3, 0.4) is 0 Å². The molecule has 0 atom stereocenters. The summed E-state index contributed by atoms with van der Waals surface area (Å²) in [5.41, 5.74) is 0. The molecule has 1 rings (SSSR count). The molecule has 0 heterocycles. The van der Waals surface area contributed by atoms with Gasteiger partial charge in [0, 0.05) is 3.42 Å². The smallest absolute Gasteiger partial charge is 0.0194 e. The largest absolute Gasteiger partial charge is 0.0792 e. The highest BCUT2D eigenvalue weighted by molar-refractivity contribution is 14.1. The predicted molar refractivity (Wildman–Crippen MR) is 59.4 cm³/mol. The molecule has 0 nitrogen and oxygen atoms in total. The molecule has 0 radical (unpaired) electrons. The van der Waals surface area contributed by atoms with Crippen LogP contribution in [0, 0.1) is 0 Å². The Labute approximate surface area is 84.3 Å². The van der Waals surface area contributed by atoms with Gasteiger partial charge in [-0.1, -0.05) is 68.0 Å². The molecule has 1 fully saturated rings. The van der Waals surface area contributed by atoms with Gasteiger partial charge >= 0.3 is 0 Å². The fraction of sp³-hybridized carbons (Fsp3) is 1.00. The second kappa shape index (κ2) is 4.68. The van der Waals surface area contributed by atoms with E-state index < -0.39 is 0 Å². The molecule has 0 spiro atoms. The highest BCUT2D eigenvalue weighted by Crippen LogP contribution is 2.32. The van der Waals surface area contributed by atoms with Crippen molar-refractivity contribution in [2.24, 2.45) is 0 Å². The normalized spacial score (nSPS) is 26.7. The fourth-order valence-electron chi connectivity index (χ4n) is 1.82. The SMILES string of the molecule is CC1(I)CCCCCCCC1. The van der Waals surface area contributed by atoms with Gasteiger partial charge in [0.1, 0.15) is 0 Å². The van der Waals surface area contributed by atoms with Crippen molar-refractivity contribution in [1.29, 1.82) is 0 Å². The second-order valence-electron chi connectivity index (χ2n) is 4.03. The molecule has 0 aromatic rings. The van der Waals surface area contributed by atoms with E-state index in [1.807, 2.05) is 0 Å². The predicted octanol–water partition coefficient (Wildman–Crippen LogP) is 4.31. The maximum Gasteiger partial charge on any atom is 0.0194 e. The van der Waals surface area contributed by atoms with E-state index in [4.69, 9.17) is 0 Å². The van der Waals surface area contributed by atoms with Crippen molar-refractivity contribution in [3.63, 3.8) is 0 Å². The Kier molecular flexibility index (Phi) is 4.18. The van der Waals surface area contributed by atoms with Crippen molar-refractivity contribution in [1.82, 2.24) is 0 Å². The van der Waals surface area contributed by atoms with Gasteiger partial charge < -0.3 is 0 Å². The van der Waals surface area contributed by atoms with Crippen molar-refractivity contribution in [2.75, 3.05) is 0 Å². The molecule has 0 aromatic heterocycles. The number of hydrogen-bond acceptors (Lipinski definition) is 0. The van der Waals surface area contributed by atoms with Crippen LogP contribution in [0.15, 0.2) is 0 Å². The minimum atomic E-state index is 0.613. The van der Waals surface area contributed by atoms with E-state index in [9.17, 15) is 0 Å². The van der Waals surface area contributed by atoms with Gasteiger partial charge in [0.2, 0.25) is 0 Å². The van der Waals surface area contributed by atoms with Crippen LogP contribution in [0.2, 0.25) is 0 Å². The van der Waals surface area contributed by atoms with Crippen LogP contribution in [-0.2, 0) is 0 Å². The number of alkyl halides is 1. The highest BCUT2D eigenvalue weighted by Gasteiger charge is 2.19. The maximum absolute atomic E-state index is 2.65. The zero-order valence-electron chi connectivity index (χ0n) is 7.53. The summed E-state index contributed by atoms with van der Waals surface area (Å²) < 4.78 is 0.613. The zero-order valence-corrected chi connectivity index (χ0v) is 9.69. The van der Waals surface area contributed by atoms with E-state index in [0.717, 1.165) is 0 Å². The first-order valence-corrected chi connectivity index (χ1v) is 5.97. The summed E-state index contributed by atoms with van der Waals surface area (Å²) in [6, 6.07) is 0. The van der Waals surface area contributed by atoms with Crippen molar-refractivity contribution in [3.8, 4) is 0 Å². The Morgan fingerprint density at radius 3 is 1.64 bits per heavy atom. The van der Waals surface area contributed by atoms with Crippen molar-refractivity contribution < 1.29 is 0 Å². The van der Waals surface area contributed by atoms with E-state index in [0.29, 0.717) is 3.42 Å². The van der Waals surface area contributed by atoms with Crippen molar-refractivity contribution in [3.05, 3.63) is 0 Å². The van der Waals surface area contributed by atoms with Gasteiger partial charge in [0.15, 0.2) is 0 Å². The number of rotatable bonds is 0. The van der Waals surface area contributed by atoms with Gasteiger partial charge in [-0.05, 0) is 12.8 Å². The van der Waals surface area contributed by atoms with E-state index >= 15 is 0 Å². The average Bonchev–Trinajstić information content (AvgIpc) is 2.00. The quantitative estimate of drug-likeness (QED) is 0.452. The molecule has 11 heavy (non-hydrogen) atoms. The highest BCUT2D eigenvalue weighted by atomic mass is 127. The van der Waals surface area contributed by atoms with Crippen LogP contribution >= 0.6 is 22.6 Å². The van der Waals surface area contributed by atoms with Crippen LogP contribution < -0.4 is 0 Å². The first-order valence-electron chi connectivity index (χ1n) is 4.90. The minimum Gasteiger partial charge on any atom is -0.0792 e. The summed E-state index contributed by atoms with van der Waals surface area (Å²) in [5.74, 6) is 0. The van der Waals surface area contributed by atoms with Gasteiger partial charge in [-0.25, -0.2) is 0 Å². The minimum absolute atomic E-state index is 0.613. The monoisotopic (exact) mass is 266 g/mol. The van der Waals surface area contributed by atoms with E-state index in [1.165, 1.54) is 51.4 Å². The molecule has 0 unspecified atom stereocenters. The Bertz CT molecular complexity index is 95.4. The van der Waals surface area contributed by atoms with Crippen molar-refractivity contribution in [2.45, 2.75) is 61.7 Å². The Balaban J connectivity index is 2.31. The van der Waals surface area contributed by atoms with Crippen molar-refractivity contribution >= 4 is 22.6 Å². The summed E-state index contributed by atoms with van der Waals surface area (Å²) in [6.45, 7) is 2.42. The lowest BCUT2D eigenvalue weighted by Crippen LogP contribution is -2.14. The summed E-state index contributed by atoms with van der Waals surface area (Å²) >= 11 is 2.65. The summed E-state index contributed by atoms with van der Waals surface area (Å²) in [7, 11) is 0. The second-order valence-corrected chi connectivity index (χ2v) is 6.64. The molecule has 0 saturated heterocycles. The average molecular weight is 266 g/mol. The Morgan fingerprint density at radius 1 is 0.818 bits per heavy atom. The topological polar surface area (TPSA) is 0 Å². The maximum atomic E-state index is 2.65. The molecule has 0 aliphatic heterocycles. The molecular formula is C10H19I. The lowest BCUT2D eigenvalue weighted by atomic mass is 9.99. The Morgan fingerprint density at radius 2 is 1.18 bits per heavy atom. The number of halogens is 1. The molecule has 1 saturated carbocycles. The third-order valence-electron chi connectivity index (χ3n) is 2.65. The summed E-state index contributed by atoms with van der Waals surface area (Å²) in [6.07, 6.45) is 11.7. The molecular weight excluding hydrogens is 247 g/mol. The third-order valence-corrected chi connectivity index (χ3v) is 3.72. The zero-order chi connectivity index (χ0) is 8.16. The summed E-state index contributed by atoms with van der Waals surface area (Å²) in [5, 5.41) is 0. The van der Waals surface area contributed by atoms with Gasteiger partial charge in [0.05, 0.1) is 0 Å². The van der Waals surface area contributed by atoms with Gasteiger partial charge in [-0.3, -0.25) is 0 Å². The van der Waals surface area contributed by atoms with E-state index in [2.05, 4.69) is 29.5 Å². The molecule has 1 heteroatoms. The number of hydrogen-bond donors (Lipinski definition) is 0. The fourth-order valence-corrected chi connectivity index (χ4v) is 2.58. The molecule has 1 aliphatic rings. The lowest BCUT2D eigenvalue weighted by Gasteiger charge is -2.21. The first-order chi connectivity index (χ1) is 5.21. The van der Waals surface area contributed by atoms with E-state index in [-0.39, 0.29) is 0 Å².